The average Bonchev–Trinajstić information content (AvgIpc) is 2.55. The van der Waals surface area contributed by atoms with Crippen molar-refractivity contribution in [3.8, 4) is 5.75 Å². The van der Waals surface area contributed by atoms with Gasteiger partial charge in [-0.2, -0.15) is 0 Å². The van der Waals surface area contributed by atoms with Gasteiger partial charge in [-0.15, -0.1) is 0 Å². The summed E-state index contributed by atoms with van der Waals surface area (Å²) < 4.78 is 5.33. The van der Waals surface area contributed by atoms with Crippen molar-refractivity contribution in [3.05, 3.63) is 57.9 Å². The number of ether oxygens (including phenoxy) is 1. The molecule has 0 amide bonds. The summed E-state index contributed by atoms with van der Waals surface area (Å²) >= 11 is 0. The third-order valence-electron chi connectivity index (χ3n) is 4.52. The molecular weight excluding hydrogens is 326 g/mol. The summed E-state index contributed by atoms with van der Waals surface area (Å²) in [5, 5.41) is 8.77. The van der Waals surface area contributed by atoms with E-state index in [1.165, 1.54) is 11.1 Å². The van der Waals surface area contributed by atoms with Crippen molar-refractivity contribution in [3.63, 3.8) is 0 Å². The first-order chi connectivity index (χ1) is 12.2. The van der Waals surface area contributed by atoms with Crippen LogP contribution in [0.5, 0.6) is 5.75 Å². The van der Waals surface area contributed by atoms with Crippen molar-refractivity contribution >= 4 is 5.97 Å². The maximum atomic E-state index is 10.7. The smallest absolute Gasteiger partial charge is 0.341 e. The van der Waals surface area contributed by atoms with E-state index in [1.54, 1.807) is 0 Å². The Hall–Kier alpha value is -2.36. The van der Waals surface area contributed by atoms with E-state index in [2.05, 4.69) is 39.8 Å². The molecule has 0 bridgehead atoms. The van der Waals surface area contributed by atoms with E-state index in [-0.39, 0.29) is 6.61 Å². The number of rotatable bonds is 7. The van der Waals surface area contributed by atoms with Gasteiger partial charge in [0, 0.05) is 11.4 Å². The first kappa shape index (κ1) is 20.0. The standard InChI is InChI=1S/C22H29NO3/c1-13(2)20-10-17(11-21(23-20)14(3)4)9-19-15(5)7-18(8-16(19)6)26-12-22(24)25/h7-8,10-11,13-14H,9,12H2,1-6H3,(H,24,25). The van der Waals surface area contributed by atoms with E-state index in [9.17, 15) is 4.79 Å². The zero-order chi connectivity index (χ0) is 19.4. The Morgan fingerprint density at radius 3 is 1.92 bits per heavy atom. The number of hydrogen-bond donors (Lipinski definition) is 1. The number of benzene rings is 1. The fourth-order valence-electron chi connectivity index (χ4n) is 2.99. The summed E-state index contributed by atoms with van der Waals surface area (Å²) in [6.07, 6.45) is 0.832. The van der Waals surface area contributed by atoms with Crippen LogP contribution in [-0.4, -0.2) is 22.7 Å². The molecule has 1 heterocycles. The van der Waals surface area contributed by atoms with Crippen molar-refractivity contribution < 1.29 is 14.6 Å². The molecule has 4 heteroatoms. The van der Waals surface area contributed by atoms with Gasteiger partial charge in [-0.25, -0.2) is 4.79 Å². The first-order valence-corrected chi connectivity index (χ1v) is 9.12. The lowest BCUT2D eigenvalue weighted by atomic mass is 9.93. The Morgan fingerprint density at radius 1 is 1.00 bits per heavy atom. The Labute approximate surface area is 156 Å². The number of carbonyl (C=O) groups is 1. The van der Waals surface area contributed by atoms with E-state index in [1.807, 2.05) is 26.0 Å². The van der Waals surface area contributed by atoms with Crippen molar-refractivity contribution in [2.45, 2.75) is 59.8 Å². The number of carboxylic acids is 1. The number of aliphatic carboxylic acids is 1. The lowest BCUT2D eigenvalue weighted by molar-refractivity contribution is -0.139. The molecule has 0 aliphatic heterocycles. The maximum Gasteiger partial charge on any atom is 0.341 e. The van der Waals surface area contributed by atoms with Crippen LogP contribution in [0.15, 0.2) is 24.3 Å². The van der Waals surface area contributed by atoms with E-state index < -0.39 is 5.97 Å². The molecule has 0 unspecified atom stereocenters. The minimum Gasteiger partial charge on any atom is -0.482 e. The molecule has 0 aliphatic rings. The highest BCUT2D eigenvalue weighted by molar-refractivity contribution is 5.68. The van der Waals surface area contributed by atoms with Crippen LogP contribution < -0.4 is 4.74 Å². The van der Waals surface area contributed by atoms with Crippen LogP contribution in [0.3, 0.4) is 0 Å². The normalized spacial score (nSPS) is 11.2. The first-order valence-electron chi connectivity index (χ1n) is 9.12. The molecule has 0 spiro atoms. The molecule has 2 aromatic rings. The molecule has 0 saturated heterocycles. The van der Waals surface area contributed by atoms with Gasteiger partial charge in [-0.05, 0) is 78.6 Å². The lowest BCUT2D eigenvalue weighted by Gasteiger charge is -2.16. The van der Waals surface area contributed by atoms with Gasteiger partial charge in [-0.1, -0.05) is 27.7 Å². The average molecular weight is 355 g/mol. The van der Waals surface area contributed by atoms with Crippen LogP contribution in [0.25, 0.3) is 0 Å². The van der Waals surface area contributed by atoms with Crippen LogP contribution in [-0.2, 0) is 11.2 Å². The molecule has 2 rings (SSSR count). The second-order valence-electron chi connectivity index (χ2n) is 7.53. The number of carboxylic acid groups (broad SMARTS) is 1. The van der Waals surface area contributed by atoms with E-state index in [0.717, 1.165) is 28.9 Å². The molecule has 4 nitrogen and oxygen atoms in total. The summed E-state index contributed by atoms with van der Waals surface area (Å²) in [6.45, 7) is 12.4. The number of pyridine rings is 1. The Morgan fingerprint density at radius 2 is 1.50 bits per heavy atom. The predicted molar refractivity (Wildman–Crippen MR) is 104 cm³/mol. The van der Waals surface area contributed by atoms with Crippen LogP contribution in [0, 0.1) is 13.8 Å². The second-order valence-corrected chi connectivity index (χ2v) is 7.53. The number of nitrogens with zero attached hydrogens (tertiary/aromatic N) is 1. The third-order valence-corrected chi connectivity index (χ3v) is 4.52. The lowest BCUT2D eigenvalue weighted by Crippen LogP contribution is -2.10. The molecule has 0 fully saturated rings. The summed E-state index contributed by atoms with van der Waals surface area (Å²) in [5.41, 5.74) is 6.99. The van der Waals surface area contributed by atoms with Crippen LogP contribution >= 0.6 is 0 Å². The van der Waals surface area contributed by atoms with Gasteiger partial charge in [0.05, 0.1) is 0 Å². The molecule has 0 aliphatic carbocycles. The number of hydrogen-bond acceptors (Lipinski definition) is 3. The zero-order valence-corrected chi connectivity index (χ0v) is 16.6. The molecule has 140 valence electrons. The van der Waals surface area contributed by atoms with Crippen molar-refractivity contribution in [2.75, 3.05) is 6.61 Å². The van der Waals surface area contributed by atoms with Crippen LogP contribution in [0.2, 0.25) is 0 Å². The van der Waals surface area contributed by atoms with E-state index >= 15 is 0 Å². The number of aryl methyl sites for hydroxylation is 2. The van der Waals surface area contributed by atoms with Gasteiger partial charge in [0.15, 0.2) is 6.61 Å². The van der Waals surface area contributed by atoms with Gasteiger partial charge >= 0.3 is 5.97 Å². The Balaban J connectivity index is 2.34. The highest BCUT2D eigenvalue weighted by Gasteiger charge is 2.12. The molecule has 1 aromatic heterocycles. The molecule has 26 heavy (non-hydrogen) atoms. The second kappa shape index (κ2) is 8.35. The van der Waals surface area contributed by atoms with Gasteiger partial charge in [-0.3, -0.25) is 4.98 Å². The summed E-state index contributed by atoms with van der Waals surface area (Å²) in [7, 11) is 0. The van der Waals surface area contributed by atoms with Crippen molar-refractivity contribution in [1.82, 2.24) is 4.98 Å². The van der Waals surface area contributed by atoms with Gasteiger partial charge in [0.1, 0.15) is 5.75 Å². The molecule has 0 saturated carbocycles. The van der Waals surface area contributed by atoms with Crippen molar-refractivity contribution in [1.29, 1.82) is 0 Å². The topological polar surface area (TPSA) is 59.4 Å². The molecule has 1 aromatic carbocycles. The molecule has 1 N–H and O–H groups in total. The summed E-state index contributed by atoms with van der Waals surface area (Å²) in [4.78, 5) is 15.5. The zero-order valence-electron chi connectivity index (χ0n) is 16.6. The molecular formula is C22H29NO3. The Bertz CT molecular complexity index is 745. The van der Waals surface area contributed by atoms with Crippen molar-refractivity contribution in [2.24, 2.45) is 0 Å². The maximum absolute atomic E-state index is 10.7. The minimum atomic E-state index is -0.969. The van der Waals surface area contributed by atoms with Crippen LogP contribution in [0.4, 0.5) is 0 Å². The van der Waals surface area contributed by atoms with Gasteiger partial charge < -0.3 is 9.84 Å². The fraction of sp³-hybridized carbons (Fsp3) is 0.455. The molecule has 0 atom stereocenters. The van der Waals surface area contributed by atoms with Crippen LogP contribution in [0.1, 0.15) is 73.2 Å². The van der Waals surface area contributed by atoms with Gasteiger partial charge in [0.25, 0.3) is 0 Å². The summed E-state index contributed by atoms with van der Waals surface area (Å²) in [6, 6.07) is 8.23. The highest BCUT2D eigenvalue weighted by atomic mass is 16.5. The fourth-order valence-corrected chi connectivity index (χ4v) is 2.99. The summed E-state index contributed by atoms with van der Waals surface area (Å²) in [5.74, 6) is 0.415. The highest BCUT2D eigenvalue weighted by Crippen LogP contribution is 2.27. The van der Waals surface area contributed by atoms with E-state index in [4.69, 9.17) is 14.8 Å². The van der Waals surface area contributed by atoms with E-state index in [0.29, 0.717) is 17.6 Å². The Kier molecular flexibility index (Phi) is 6.41. The minimum absolute atomic E-state index is 0.321. The quantitative estimate of drug-likeness (QED) is 0.759. The monoisotopic (exact) mass is 355 g/mol. The van der Waals surface area contributed by atoms with Gasteiger partial charge in [0.2, 0.25) is 0 Å². The molecule has 0 radical (unpaired) electrons. The largest absolute Gasteiger partial charge is 0.482 e. The number of aromatic nitrogens is 1. The third kappa shape index (κ3) is 5.07. The predicted octanol–water partition coefficient (Wildman–Crippen LogP) is 5.00. The SMILES string of the molecule is Cc1cc(OCC(=O)O)cc(C)c1Cc1cc(C(C)C)nc(C(C)C)c1.